The molecule has 0 unspecified atom stereocenters. The number of nitrogens with one attached hydrogen (secondary N) is 1. The van der Waals surface area contributed by atoms with E-state index in [9.17, 15) is 9.59 Å². The van der Waals surface area contributed by atoms with Gasteiger partial charge >= 0.3 is 6.03 Å². The summed E-state index contributed by atoms with van der Waals surface area (Å²) in [5, 5.41) is 3.26. The predicted molar refractivity (Wildman–Crippen MR) is 105 cm³/mol. The lowest BCUT2D eigenvalue weighted by molar-refractivity contribution is -0.124. The second-order valence-electron chi connectivity index (χ2n) is 7.96. The van der Waals surface area contributed by atoms with E-state index >= 15 is 0 Å². The van der Waals surface area contributed by atoms with Crippen LogP contribution in [0.2, 0.25) is 0 Å². The number of hydrogen-bond donors (Lipinski definition) is 1. The zero-order valence-electron chi connectivity index (χ0n) is 17.2. The number of likely N-dealkylation sites (N-methyl/N-ethyl adjacent to an activating group) is 2. The minimum Gasteiger partial charge on any atom is -0.334 e. The molecule has 2 amide bonds. The minimum atomic E-state index is 0.0408. The van der Waals surface area contributed by atoms with Crippen LogP contribution in [0.3, 0.4) is 0 Å². The molecule has 1 aliphatic heterocycles. The molecule has 150 valence electrons. The summed E-state index contributed by atoms with van der Waals surface area (Å²) in [6.07, 6.45) is 4.47. The van der Waals surface area contributed by atoms with Gasteiger partial charge < -0.3 is 15.1 Å². The van der Waals surface area contributed by atoms with Crippen molar-refractivity contribution >= 4 is 11.8 Å². The number of likely N-dealkylation sites (tertiary alicyclic amines) is 1. The third-order valence-electron chi connectivity index (χ3n) is 6.06. The molecular formula is C20H38N4O2. The molecule has 1 saturated heterocycles. The molecule has 6 nitrogen and oxygen atoms in total. The Kier molecular flexibility index (Phi) is 8.35. The molecule has 2 fully saturated rings. The van der Waals surface area contributed by atoms with Crippen LogP contribution in [0.4, 0.5) is 4.79 Å². The van der Waals surface area contributed by atoms with Crippen molar-refractivity contribution in [2.45, 2.75) is 65.0 Å². The first-order valence-electron chi connectivity index (χ1n) is 10.5. The molecule has 0 aromatic carbocycles. The number of rotatable bonds is 8. The number of carbonyl (C=O) groups excluding carboxylic acids is 2. The Bertz CT molecular complexity index is 471. The standard InChI is InChI=1S/C20H38N4O2/c1-5-10-24-15-17(13-16-14-18(25)8-9-19(16)24)21-20(26)23(7-3)12-11-22(4)6-2/h16-17,19H,5-15H2,1-4H3,(H,21,26)/t16-,17+,19-/m1/s1. The molecule has 3 atom stereocenters. The van der Waals surface area contributed by atoms with Crippen molar-refractivity contribution in [1.82, 2.24) is 20.0 Å². The Morgan fingerprint density at radius 3 is 2.65 bits per heavy atom. The van der Waals surface area contributed by atoms with E-state index in [-0.39, 0.29) is 12.1 Å². The van der Waals surface area contributed by atoms with Crippen LogP contribution in [0.25, 0.3) is 0 Å². The molecule has 2 aliphatic rings. The number of nitrogens with zero attached hydrogens (tertiary/aromatic N) is 3. The molecule has 1 N–H and O–H groups in total. The molecule has 2 rings (SSSR count). The van der Waals surface area contributed by atoms with E-state index in [1.54, 1.807) is 0 Å². The third kappa shape index (κ3) is 5.68. The fraction of sp³-hybridized carbons (Fsp3) is 0.900. The fourth-order valence-electron chi connectivity index (χ4n) is 4.42. The second kappa shape index (κ2) is 10.3. The SMILES string of the molecule is CCCN1C[C@@H](NC(=O)N(CC)CCN(C)CC)C[C@@H]2CC(=O)CC[C@H]21. The van der Waals surface area contributed by atoms with Crippen LogP contribution in [-0.2, 0) is 4.79 Å². The van der Waals surface area contributed by atoms with E-state index in [0.29, 0.717) is 24.2 Å². The van der Waals surface area contributed by atoms with Crippen LogP contribution >= 0.6 is 0 Å². The van der Waals surface area contributed by atoms with Crippen molar-refractivity contribution in [3.63, 3.8) is 0 Å². The molecule has 0 bridgehead atoms. The maximum atomic E-state index is 12.7. The molecule has 26 heavy (non-hydrogen) atoms. The van der Waals surface area contributed by atoms with Gasteiger partial charge in [0.05, 0.1) is 0 Å². The van der Waals surface area contributed by atoms with Crippen molar-refractivity contribution in [2.24, 2.45) is 5.92 Å². The van der Waals surface area contributed by atoms with Crippen LogP contribution in [0.15, 0.2) is 0 Å². The lowest BCUT2D eigenvalue weighted by Crippen LogP contribution is -2.59. The van der Waals surface area contributed by atoms with E-state index in [0.717, 1.165) is 65.0 Å². The Labute approximate surface area is 159 Å². The van der Waals surface area contributed by atoms with E-state index in [1.807, 2.05) is 11.8 Å². The molecule has 0 spiro atoms. The first kappa shape index (κ1) is 21.2. The highest BCUT2D eigenvalue weighted by atomic mass is 16.2. The summed E-state index contributed by atoms with van der Waals surface area (Å²) in [6.45, 7) is 11.7. The summed E-state index contributed by atoms with van der Waals surface area (Å²) in [5.74, 6) is 0.801. The number of Topliss-reactive ketones (excluding diaryl/α,β-unsaturated/α-hetero) is 1. The van der Waals surface area contributed by atoms with Crippen LogP contribution in [0.5, 0.6) is 0 Å². The number of ketones is 1. The summed E-state index contributed by atoms with van der Waals surface area (Å²) < 4.78 is 0. The van der Waals surface area contributed by atoms with Crippen molar-refractivity contribution in [3.05, 3.63) is 0 Å². The van der Waals surface area contributed by atoms with Gasteiger partial charge in [-0.2, -0.15) is 0 Å². The first-order valence-corrected chi connectivity index (χ1v) is 10.5. The lowest BCUT2D eigenvalue weighted by atomic mass is 9.76. The van der Waals surface area contributed by atoms with Crippen molar-refractivity contribution in [3.8, 4) is 0 Å². The lowest BCUT2D eigenvalue weighted by Gasteiger charge is -2.47. The van der Waals surface area contributed by atoms with Gasteiger partial charge in [-0.05, 0) is 52.2 Å². The summed E-state index contributed by atoms with van der Waals surface area (Å²) in [6, 6.07) is 0.722. The molecule has 0 radical (unpaired) electrons. The molecule has 1 aliphatic carbocycles. The van der Waals surface area contributed by atoms with Crippen LogP contribution in [0, 0.1) is 5.92 Å². The van der Waals surface area contributed by atoms with Crippen molar-refractivity contribution in [1.29, 1.82) is 0 Å². The largest absolute Gasteiger partial charge is 0.334 e. The average Bonchev–Trinajstić information content (AvgIpc) is 2.61. The Hall–Kier alpha value is -1.14. The number of fused-ring (bicyclic) bond motifs is 1. The molecule has 1 saturated carbocycles. The van der Waals surface area contributed by atoms with Crippen molar-refractivity contribution < 1.29 is 9.59 Å². The van der Waals surface area contributed by atoms with Crippen LogP contribution in [0.1, 0.15) is 52.9 Å². The molecular weight excluding hydrogens is 328 g/mol. The van der Waals surface area contributed by atoms with E-state index in [4.69, 9.17) is 0 Å². The van der Waals surface area contributed by atoms with E-state index < -0.39 is 0 Å². The molecule has 0 aromatic heterocycles. The Morgan fingerprint density at radius 1 is 1.23 bits per heavy atom. The summed E-state index contributed by atoms with van der Waals surface area (Å²) >= 11 is 0. The van der Waals surface area contributed by atoms with Crippen LogP contribution < -0.4 is 5.32 Å². The highest BCUT2D eigenvalue weighted by Gasteiger charge is 2.39. The normalized spacial score (nSPS) is 26.7. The van der Waals surface area contributed by atoms with Gasteiger partial charge in [0.25, 0.3) is 0 Å². The second-order valence-corrected chi connectivity index (χ2v) is 7.96. The summed E-state index contributed by atoms with van der Waals surface area (Å²) in [7, 11) is 2.08. The van der Waals surface area contributed by atoms with Gasteiger partial charge in [0.2, 0.25) is 0 Å². The maximum absolute atomic E-state index is 12.7. The number of carbonyl (C=O) groups is 2. The maximum Gasteiger partial charge on any atom is 0.317 e. The average molecular weight is 367 g/mol. The Balaban J connectivity index is 1.94. The van der Waals surface area contributed by atoms with E-state index in [2.05, 4.69) is 36.0 Å². The number of hydrogen-bond acceptors (Lipinski definition) is 4. The van der Waals surface area contributed by atoms with Gasteiger partial charge in [0.1, 0.15) is 5.78 Å². The van der Waals surface area contributed by atoms with E-state index in [1.165, 1.54) is 0 Å². The van der Waals surface area contributed by atoms with Crippen molar-refractivity contribution in [2.75, 3.05) is 46.3 Å². The molecule has 0 aromatic rings. The zero-order chi connectivity index (χ0) is 19.1. The van der Waals surface area contributed by atoms with Gasteiger partial charge in [0.15, 0.2) is 0 Å². The van der Waals surface area contributed by atoms with Gasteiger partial charge in [-0.3, -0.25) is 9.69 Å². The molecule has 1 heterocycles. The highest BCUT2D eigenvalue weighted by Crippen LogP contribution is 2.34. The first-order chi connectivity index (χ1) is 12.5. The van der Waals surface area contributed by atoms with Gasteiger partial charge in [-0.15, -0.1) is 0 Å². The number of piperidine rings is 1. The minimum absolute atomic E-state index is 0.0408. The van der Waals surface area contributed by atoms with Gasteiger partial charge in [-0.25, -0.2) is 4.79 Å². The fourth-order valence-corrected chi connectivity index (χ4v) is 4.42. The highest BCUT2D eigenvalue weighted by molar-refractivity contribution is 5.79. The quantitative estimate of drug-likeness (QED) is 0.715. The smallest absolute Gasteiger partial charge is 0.317 e. The van der Waals surface area contributed by atoms with Gasteiger partial charge in [0, 0.05) is 51.1 Å². The zero-order valence-corrected chi connectivity index (χ0v) is 17.2. The summed E-state index contributed by atoms with van der Waals surface area (Å²) in [5.41, 5.74) is 0. The number of amides is 2. The predicted octanol–water partition coefficient (Wildman–Crippen LogP) is 2.19. The number of urea groups is 1. The third-order valence-corrected chi connectivity index (χ3v) is 6.06. The summed E-state index contributed by atoms with van der Waals surface area (Å²) in [4.78, 5) is 31.3. The topological polar surface area (TPSA) is 55.9 Å². The Morgan fingerprint density at radius 2 is 2.00 bits per heavy atom. The molecule has 6 heteroatoms. The monoisotopic (exact) mass is 366 g/mol. The van der Waals surface area contributed by atoms with Gasteiger partial charge in [-0.1, -0.05) is 13.8 Å². The van der Waals surface area contributed by atoms with Crippen LogP contribution in [-0.4, -0.2) is 84.9 Å².